The molecule has 10 heteroatoms. The molecular weight excluding hydrogens is 500 g/mol. The lowest BCUT2D eigenvalue weighted by molar-refractivity contribution is -0.140. The number of aromatic nitrogens is 1. The fraction of sp³-hybridized carbons (Fsp3) is 0.222. The number of carbonyl (C=O) groups excluding carboxylic acids is 2. The smallest absolute Gasteiger partial charge is 0.296 e. The molecule has 1 saturated heterocycles. The van der Waals surface area contributed by atoms with Crippen LogP contribution in [0.25, 0.3) is 5.76 Å². The Kier molecular flexibility index (Phi) is 7.54. The topological polar surface area (TPSA) is 107 Å². The van der Waals surface area contributed by atoms with E-state index < -0.39 is 23.5 Å². The summed E-state index contributed by atoms with van der Waals surface area (Å²) in [5, 5.41) is 11.8. The number of likely N-dealkylation sites (tertiary alicyclic amines) is 1. The molecule has 1 amide bonds. The number of amides is 1. The largest absolute Gasteiger partial charge is 0.507 e. The van der Waals surface area contributed by atoms with Crippen LogP contribution in [0.15, 0.2) is 60.3 Å². The molecule has 2 aromatic carbocycles. The van der Waals surface area contributed by atoms with Crippen molar-refractivity contribution in [2.45, 2.75) is 12.6 Å². The monoisotopic (exact) mass is 524 g/mol. The summed E-state index contributed by atoms with van der Waals surface area (Å²) in [7, 11) is 5.82. The predicted molar refractivity (Wildman–Crippen MR) is 136 cm³/mol. The first kappa shape index (κ1) is 25.8. The van der Waals surface area contributed by atoms with Crippen molar-refractivity contribution in [2.75, 3.05) is 28.4 Å². The highest BCUT2D eigenvalue weighted by atomic mass is 35.5. The van der Waals surface area contributed by atoms with E-state index >= 15 is 0 Å². The molecule has 192 valence electrons. The summed E-state index contributed by atoms with van der Waals surface area (Å²) in [5.74, 6) is -0.837. The van der Waals surface area contributed by atoms with Gasteiger partial charge in [0.2, 0.25) is 5.75 Å². The molecule has 0 radical (unpaired) electrons. The van der Waals surface area contributed by atoms with Gasteiger partial charge in [0.1, 0.15) is 11.5 Å². The zero-order chi connectivity index (χ0) is 26.7. The van der Waals surface area contributed by atoms with Crippen molar-refractivity contribution in [3.8, 4) is 23.0 Å². The minimum atomic E-state index is -1.01. The molecule has 0 bridgehead atoms. The number of methoxy groups -OCH3 is 4. The fourth-order valence-corrected chi connectivity index (χ4v) is 4.50. The van der Waals surface area contributed by atoms with Gasteiger partial charge in [0, 0.05) is 11.2 Å². The van der Waals surface area contributed by atoms with E-state index in [1.807, 2.05) is 0 Å². The number of rotatable bonds is 8. The van der Waals surface area contributed by atoms with E-state index in [2.05, 4.69) is 4.98 Å². The highest BCUT2D eigenvalue weighted by Gasteiger charge is 2.47. The SMILES string of the molecule is COc1ccc(Cl)cc1/C(O)=C1\C(=O)C(=O)N(Cc2ccccn2)C1c1cc(OC)c(OC)c(OC)c1. The summed E-state index contributed by atoms with van der Waals surface area (Å²) >= 11 is 6.18. The van der Waals surface area contributed by atoms with Gasteiger partial charge in [-0.05, 0) is 48.0 Å². The van der Waals surface area contributed by atoms with E-state index in [0.717, 1.165) is 0 Å². The number of ether oxygens (including phenoxy) is 4. The van der Waals surface area contributed by atoms with Gasteiger partial charge in [0.15, 0.2) is 11.5 Å². The molecule has 2 heterocycles. The average molecular weight is 525 g/mol. The standard InChI is InChI=1S/C27H25ClN2O7/c1-34-19-9-8-16(28)13-18(19)24(31)22-23(15-11-20(35-2)26(37-4)21(12-15)36-3)30(27(33)25(22)32)14-17-7-5-6-10-29-17/h5-13,23,31H,14H2,1-4H3/b24-22+. The molecule has 0 spiro atoms. The number of nitrogens with zero attached hydrogens (tertiary/aromatic N) is 2. The highest BCUT2D eigenvalue weighted by Crippen LogP contribution is 2.46. The molecule has 37 heavy (non-hydrogen) atoms. The first-order valence-corrected chi connectivity index (χ1v) is 11.5. The third-order valence-corrected chi connectivity index (χ3v) is 6.25. The molecule has 0 saturated carbocycles. The lowest BCUT2D eigenvalue weighted by Crippen LogP contribution is -2.29. The maximum atomic E-state index is 13.4. The van der Waals surface area contributed by atoms with Crippen LogP contribution >= 0.6 is 11.6 Å². The number of ketones is 1. The Labute approximate surface area is 218 Å². The van der Waals surface area contributed by atoms with Crippen molar-refractivity contribution in [1.82, 2.24) is 9.88 Å². The molecule has 1 fully saturated rings. The zero-order valence-corrected chi connectivity index (χ0v) is 21.4. The Hall–Kier alpha value is -4.24. The number of benzene rings is 2. The van der Waals surface area contributed by atoms with E-state index in [4.69, 9.17) is 30.5 Å². The summed E-state index contributed by atoms with van der Waals surface area (Å²) in [4.78, 5) is 32.4. The maximum absolute atomic E-state index is 13.4. The molecule has 3 aromatic rings. The third kappa shape index (κ3) is 4.77. The Morgan fingerprint density at radius 3 is 2.19 bits per heavy atom. The second-order valence-corrected chi connectivity index (χ2v) is 8.49. The lowest BCUT2D eigenvalue weighted by Gasteiger charge is -2.26. The number of pyridine rings is 1. The molecule has 1 aliphatic rings. The van der Waals surface area contributed by atoms with Gasteiger partial charge in [0.05, 0.1) is 57.9 Å². The van der Waals surface area contributed by atoms with Crippen LogP contribution in [-0.2, 0) is 16.1 Å². The van der Waals surface area contributed by atoms with Crippen LogP contribution in [0.3, 0.4) is 0 Å². The summed E-state index contributed by atoms with van der Waals surface area (Å²) in [6, 6.07) is 12.1. The number of hydrogen-bond donors (Lipinski definition) is 1. The predicted octanol–water partition coefficient (Wildman–Crippen LogP) is 4.39. The molecule has 0 aliphatic carbocycles. The Morgan fingerprint density at radius 1 is 0.946 bits per heavy atom. The van der Waals surface area contributed by atoms with Crippen LogP contribution in [-0.4, -0.2) is 55.1 Å². The second kappa shape index (κ2) is 10.8. The van der Waals surface area contributed by atoms with Gasteiger partial charge < -0.3 is 29.0 Å². The van der Waals surface area contributed by atoms with E-state index in [1.165, 1.54) is 39.4 Å². The van der Waals surface area contributed by atoms with Crippen molar-refractivity contribution in [2.24, 2.45) is 0 Å². The summed E-state index contributed by atoms with van der Waals surface area (Å²) in [5.41, 5.74) is 1.04. The van der Waals surface area contributed by atoms with E-state index in [0.29, 0.717) is 33.5 Å². The molecule has 1 aliphatic heterocycles. The summed E-state index contributed by atoms with van der Waals surface area (Å²) in [6.07, 6.45) is 1.59. The van der Waals surface area contributed by atoms with Crippen LogP contribution in [0.1, 0.15) is 22.9 Å². The van der Waals surface area contributed by atoms with E-state index in [1.54, 1.807) is 48.7 Å². The van der Waals surface area contributed by atoms with Crippen molar-refractivity contribution < 1.29 is 33.6 Å². The van der Waals surface area contributed by atoms with Gasteiger partial charge in [-0.3, -0.25) is 14.6 Å². The van der Waals surface area contributed by atoms with Crippen LogP contribution in [0.2, 0.25) is 5.02 Å². The second-order valence-electron chi connectivity index (χ2n) is 8.05. The van der Waals surface area contributed by atoms with E-state index in [-0.39, 0.29) is 23.4 Å². The first-order chi connectivity index (χ1) is 17.8. The van der Waals surface area contributed by atoms with Gasteiger partial charge >= 0.3 is 0 Å². The normalized spacial score (nSPS) is 16.6. The van der Waals surface area contributed by atoms with Gasteiger partial charge in [-0.25, -0.2) is 0 Å². The molecule has 9 nitrogen and oxygen atoms in total. The molecule has 1 N–H and O–H groups in total. The highest BCUT2D eigenvalue weighted by molar-refractivity contribution is 6.46. The van der Waals surface area contributed by atoms with Crippen LogP contribution in [0.5, 0.6) is 23.0 Å². The third-order valence-electron chi connectivity index (χ3n) is 6.02. The number of carbonyl (C=O) groups is 2. The minimum absolute atomic E-state index is 0.0101. The summed E-state index contributed by atoms with van der Waals surface area (Å²) < 4.78 is 21.8. The Morgan fingerprint density at radius 2 is 1.62 bits per heavy atom. The van der Waals surface area contributed by atoms with Crippen molar-refractivity contribution in [3.05, 3.63) is 82.1 Å². The first-order valence-electron chi connectivity index (χ1n) is 11.2. The fourth-order valence-electron chi connectivity index (χ4n) is 4.33. The van der Waals surface area contributed by atoms with Crippen LogP contribution in [0.4, 0.5) is 0 Å². The van der Waals surface area contributed by atoms with Gasteiger partial charge in [-0.2, -0.15) is 0 Å². The Bertz CT molecular complexity index is 1350. The van der Waals surface area contributed by atoms with Crippen LogP contribution < -0.4 is 18.9 Å². The average Bonchev–Trinajstić information content (AvgIpc) is 3.17. The number of Topliss-reactive ketones (excluding diaryl/α,β-unsaturated/α-hetero) is 1. The van der Waals surface area contributed by atoms with Crippen LogP contribution in [0, 0.1) is 0 Å². The number of hydrogen-bond acceptors (Lipinski definition) is 8. The lowest BCUT2D eigenvalue weighted by atomic mass is 9.94. The quantitative estimate of drug-likeness (QED) is 0.262. The minimum Gasteiger partial charge on any atom is -0.507 e. The molecular formula is C27H25ClN2O7. The zero-order valence-electron chi connectivity index (χ0n) is 20.6. The van der Waals surface area contributed by atoms with Crippen molar-refractivity contribution in [3.63, 3.8) is 0 Å². The number of aliphatic hydroxyl groups is 1. The van der Waals surface area contributed by atoms with Gasteiger partial charge in [0.25, 0.3) is 11.7 Å². The number of halogens is 1. The van der Waals surface area contributed by atoms with Gasteiger partial charge in [-0.15, -0.1) is 0 Å². The molecule has 1 aromatic heterocycles. The molecule has 4 rings (SSSR count). The van der Waals surface area contributed by atoms with Crippen molar-refractivity contribution in [1.29, 1.82) is 0 Å². The Balaban J connectivity index is 1.99. The van der Waals surface area contributed by atoms with Gasteiger partial charge in [-0.1, -0.05) is 17.7 Å². The molecule has 1 unspecified atom stereocenters. The maximum Gasteiger partial charge on any atom is 0.296 e. The summed E-state index contributed by atoms with van der Waals surface area (Å²) in [6.45, 7) is 0.0101. The van der Waals surface area contributed by atoms with Crippen molar-refractivity contribution >= 4 is 29.1 Å². The molecule has 1 atom stereocenters. The van der Waals surface area contributed by atoms with E-state index in [9.17, 15) is 14.7 Å². The number of aliphatic hydroxyl groups excluding tert-OH is 1.